The third kappa shape index (κ3) is 4.82. The van der Waals surface area contributed by atoms with Gasteiger partial charge >= 0.3 is 0 Å². The van der Waals surface area contributed by atoms with E-state index in [0.29, 0.717) is 27.7 Å². The molecule has 1 aliphatic heterocycles. The van der Waals surface area contributed by atoms with Gasteiger partial charge < -0.3 is 15.0 Å². The van der Waals surface area contributed by atoms with Gasteiger partial charge in [-0.2, -0.15) is 0 Å². The molecule has 0 aromatic heterocycles. The molecule has 0 radical (unpaired) electrons. The summed E-state index contributed by atoms with van der Waals surface area (Å²) in [6, 6.07) is 20.2. The number of likely N-dealkylation sites (N-methyl/N-ethyl adjacent to an activating group) is 1. The molecule has 5 nitrogen and oxygen atoms in total. The summed E-state index contributed by atoms with van der Waals surface area (Å²) in [5.74, 6) is 0.448. The van der Waals surface area contributed by atoms with Gasteiger partial charge in [-0.15, -0.1) is 0 Å². The van der Waals surface area contributed by atoms with E-state index in [4.69, 9.17) is 16.3 Å². The standard InChI is InChI=1S/C25H21ClN2O3S/c1-28-21-14-18(24(29)27-15-17-3-8-19(26)9-4-17)7-12-22(21)32-23(25(28)30)13-16-5-10-20(31-2)11-6-16/h3-14H,15H2,1-2H3,(H,27,29)/b23-13-. The molecule has 1 aliphatic rings. The van der Waals surface area contributed by atoms with E-state index in [9.17, 15) is 9.59 Å². The van der Waals surface area contributed by atoms with Crippen molar-refractivity contribution < 1.29 is 14.3 Å². The summed E-state index contributed by atoms with van der Waals surface area (Å²) in [6.45, 7) is 0.394. The van der Waals surface area contributed by atoms with Crippen LogP contribution in [0.4, 0.5) is 5.69 Å². The number of fused-ring (bicyclic) bond motifs is 1. The fraction of sp³-hybridized carbons (Fsp3) is 0.120. The Labute approximate surface area is 196 Å². The first-order valence-corrected chi connectivity index (χ1v) is 11.1. The van der Waals surface area contributed by atoms with Crippen LogP contribution in [0, 0.1) is 0 Å². The number of benzene rings is 3. The highest BCUT2D eigenvalue weighted by atomic mass is 35.5. The summed E-state index contributed by atoms with van der Waals surface area (Å²) in [6.07, 6.45) is 1.86. The van der Waals surface area contributed by atoms with E-state index in [1.165, 1.54) is 11.8 Å². The van der Waals surface area contributed by atoms with Gasteiger partial charge in [0.2, 0.25) is 0 Å². The summed E-state index contributed by atoms with van der Waals surface area (Å²) in [5, 5.41) is 3.56. The lowest BCUT2D eigenvalue weighted by atomic mass is 10.1. The van der Waals surface area contributed by atoms with Gasteiger partial charge in [0.25, 0.3) is 11.8 Å². The van der Waals surface area contributed by atoms with Gasteiger partial charge in [0.15, 0.2) is 0 Å². The molecule has 1 heterocycles. The predicted octanol–water partition coefficient (Wildman–Crippen LogP) is 5.39. The van der Waals surface area contributed by atoms with E-state index in [-0.39, 0.29) is 11.8 Å². The molecule has 0 bridgehead atoms. The number of ether oxygens (including phenoxy) is 1. The van der Waals surface area contributed by atoms with Crippen molar-refractivity contribution in [1.29, 1.82) is 0 Å². The molecule has 1 N–H and O–H groups in total. The Morgan fingerprint density at radius 3 is 2.50 bits per heavy atom. The Kier molecular flexibility index (Phi) is 6.53. The molecule has 0 unspecified atom stereocenters. The van der Waals surface area contributed by atoms with Crippen LogP contribution in [0.3, 0.4) is 0 Å². The topological polar surface area (TPSA) is 58.6 Å². The van der Waals surface area contributed by atoms with Crippen LogP contribution in [-0.2, 0) is 11.3 Å². The van der Waals surface area contributed by atoms with E-state index in [1.54, 1.807) is 43.3 Å². The molecular weight excluding hydrogens is 444 g/mol. The fourth-order valence-electron chi connectivity index (χ4n) is 3.27. The number of carbonyl (C=O) groups excluding carboxylic acids is 2. The summed E-state index contributed by atoms with van der Waals surface area (Å²) in [5.41, 5.74) is 3.08. The summed E-state index contributed by atoms with van der Waals surface area (Å²) < 4.78 is 5.18. The number of hydrogen-bond acceptors (Lipinski definition) is 4. The van der Waals surface area contributed by atoms with E-state index in [1.807, 2.05) is 48.5 Å². The Bertz CT molecular complexity index is 1190. The van der Waals surface area contributed by atoms with E-state index in [2.05, 4.69) is 5.32 Å². The lowest BCUT2D eigenvalue weighted by Gasteiger charge is -2.27. The van der Waals surface area contributed by atoms with Gasteiger partial charge in [-0.1, -0.05) is 47.6 Å². The molecule has 0 atom stereocenters. The number of rotatable bonds is 5. The molecule has 0 saturated carbocycles. The lowest BCUT2D eigenvalue weighted by Crippen LogP contribution is -2.31. The van der Waals surface area contributed by atoms with Crippen molar-refractivity contribution in [2.75, 3.05) is 19.1 Å². The second-order valence-corrected chi connectivity index (χ2v) is 8.76. The molecule has 0 saturated heterocycles. The third-order valence-corrected chi connectivity index (χ3v) is 6.43. The van der Waals surface area contributed by atoms with Crippen molar-refractivity contribution in [3.05, 3.63) is 93.3 Å². The van der Waals surface area contributed by atoms with Crippen LogP contribution >= 0.6 is 23.4 Å². The first kappa shape index (κ1) is 22.0. The van der Waals surface area contributed by atoms with Crippen LogP contribution in [0.5, 0.6) is 5.75 Å². The number of nitrogens with zero attached hydrogens (tertiary/aromatic N) is 1. The second-order valence-electron chi connectivity index (χ2n) is 7.24. The number of carbonyl (C=O) groups is 2. The monoisotopic (exact) mass is 464 g/mol. The average Bonchev–Trinajstić information content (AvgIpc) is 2.82. The highest BCUT2D eigenvalue weighted by molar-refractivity contribution is 8.04. The van der Waals surface area contributed by atoms with E-state index >= 15 is 0 Å². The molecular formula is C25H21ClN2O3S. The summed E-state index contributed by atoms with van der Waals surface area (Å²) in [4.78, 5) is 28.7. The quantitative estimate of drug-likeness (QED) is 0.514. The number of anilines is 1. The molecule has 3 aromatic carbocycles. The van der Waals surface area contributed by atoms with Crippen molar-refractivity contribution in [1.82, 2.24) is 5.32 Å². The number of methoxy groups -OCH3 is 1. The van der Waals surface area contributed by atoms with E-state index < -0.39 is 0 Å². The molecule has 0 fully saturated rings. The minimum absolute atomic E-state index is 0.114. The van der Waals surface area contributed by atoms with Crippen LogP contribution in [0.15, 0.2) is 76.5 Å². The minimum atomic E-state index is -0.201. The van der Waals surface area contributed by atoms with Crippen molar-refractivity contribution in [2.24, 2.45) is 0 Å². The molecule has 162 valence electrons. The zero-order valence-electron chi connectivity index (χ0n) is 17.6. The average molecular weight is 465 g/mol. The number of nitrogens with one attached hydrogen (secondary N) is 1. The highest BCUT2D eigenvalue weighted by Crippen LogP contribution is 2.42. The largest absolute Gasteiger partial charge is 0.497 e. The van der Waals surface area contributed by atoms with E-state index in [0.717, 1.165) is 21.8 Å². The number of thioether (sulfide) groups is 1. The van der Waals surface area contributed by atoms with Crippen molar-refractivity contribution in [3.8, 4) is 5.75 Å². The number of halogens is 1. The molecule has 0 aliphatic carbocycles. The molecule has 3 aromatic rings. The van der Waals surface area contributed by atoms with Crippen LogP contribution < -0.4 is 15.0 Å². The minimum Gasteiger partial charge on any atom is -0.497 e. The van der Waals surface area contributed by atoms with Gasteiger partial charge in [0, 0.05) is 29.1 Å². The first-order chi connectivity index (χ1) is 15.4. The number of hydrogen-bond donors (Lipinski definition) is 1. The van der Waals surface area contributed by atoms with Crippen molar-refractivity contribution in [2.45, 2.75) is 11.4 Å². The summed E-state index contributed by atoms with van der Waals surface area (Å²) >= 11 is 7.30. The Balaban J connectivity index is 1.51. The second kappa shape index (κ2) is 9.51. The van der Waals surface area contributed by atoms with Crippen LogP contribution in [-0.4, -0.2) is 26.0 Å². The highest BCUT2D eigenvalue weighted by Gasteiger charge is 2.27. The Morgan fingerprint density at radius 1 is 1.09 bits per heavy atom. The van der Waals surface area contributed by atoms with Gasteiger partial charge in [0.1, 0.15) is 5.75 Å². The van der Waals surface area contributed by atoms with Gasteiger partial charge in [-0.25, -0.2) is 0 Å². The fourth-order valence-corrected chi connectivity index (χ4v) is 4.49. The molecule has 32 heavy (non-hydrogen) atoms. The Hall–Kier alpha value is -3.22. The maximum absolute atomic E-state index is 12.9. The number of amides is 2. The SMILES string of the molecule is COc1ccc(/C=C2\Sc3ccc(C(=O)NCc4ccc(Cl)cc4)cc3N(C)C2=O)cc1. The zero-order chi connectivity index (χ0) is 22.7. The Morgan fingerprint density at radius 2 is 1.81 bits per heavy atom. The lowest BCUT2D eigenvalue weighted by molar-refractivity contribution is -0.114. The van der Waals surface area contributed by atoms with Gasteiger partial charge in [0.05, 0.1) is 17.7 Å². The predicted molar refractivity (Wildman–Crippen MR) is 129 cm³/mol. The third-order valence-electron chi connectivity index (χ3n) is 5.10. The van der Waals surface area contributed by atoms with Gasteiger partial charge in [-0.3, -0.25) is 9.59 Å². The zero-order valence-corrected chi connectivity index (χ0v) is 19.2. The smallest absolute Gasteiger partial charge is 0.264 e. The normalized spacial score (nSPS) is 14.3. The maximum atomic E-state index is 12.9. The van der Waals surface area contributed by atoms with Crippen LogP contribution in [0.25, 0.3) is 6.08 Å². The first-order valence-electron chi connectivity index (χ1n) is 9.93. The van der Waals surface area contributed by atoms with Crippen LogP contribution in [0.2, 0.25) is 5.02 Å². The molecule has 7 heteroatoms. The molecule has 2 amide bonds. The maximum Gasteiger partial charge on any atom is 0.264 e. The molecule has 0 spiro atoms. The summed E-state index contributed by atoms with van der Waals surface area (Å²) in [7, 11) is 3.34. The van der Waals surface area contributed by atoms with Gasteiger partial charge in [-0.05, 0) is 59.7 Å². The van der Waals surface area contributed by atoms with Crippen LogP contribution in [0.1, 0.15) is 21.5 Å². The molecule has 4 rings (SSSR count). The van der Waals surface area contributed by atoms with Crippen molar-refractivity contribution >= 4 is 46.9 Å². The van der Waals surface area contributed by atoms with Crippen molar-refractivity contribution in [3.63, 3.8) is 0 Å².